The smallest absolute Gasteiger partial charge is 0.270 e. The molecule has 0 aliphatic heterocycles. The van der Waals surface area contributed by atoms with Crippen molar-refractivity contribution < 1.29 is 4.52 Å². The second-order valence-electron chi connectivity index (χ2n) is 4.39. The van der Waals surface area contributed by atoms with Crippen LogP contribution in [0.2, 0.25) is 0 Å². The zero-order valence-corrected chi connectivity index (χ0v) is 11.5. The number of thiophene rings is 1. The average Bonchev–Trinajstić information content (AvgIpc) is 3.15. The average molecular weight is 295 g/mol. The first-order valence-electron chi connectivity index (χ1n) is 6.19. The molecule has 3 heterocycles. The number of fused-ring (bicyclic) bond motifs is 1. The van der Waals surface area contributed by atoms with Gasteiger partial charge in [0, 0.05) is 18.0 Å². The minimum atomic E-state index is 0.428. The maximum atomic E-state index is 5.86. The Morgan fingerprint density at radius 2 is 1.90 bits per heavy atom. The number of nitrogen functional groups attached to an aromatic ring is 1. The van der Waals surface area contributed by atoms with Gasteiger partial charge in [-0.25, -0.2) is 0 Å². The van der Waals surface area contributed by atoms with Gasteiger partial charge in [0.05, 0.1) is 16.7 Å². The molecule has 0 radical (unpaired) electrons. The Morgan fingerprint density at radius 1 is 1.05 bits per heavy atom. The van der Waals surface area contributed by atoms with Crippen molar-refractivity contribution in [2.45, 2.75) is 0 Å². The van der Waals surface area contributed by atoms with Crippen molar-refractivity contribution in [1.82, 2.24) is 20.1 Å². The molecule has 0 aliphatic rings. The number of rotatable bonds is 2. The molecule has 0 amide bonds. The molecule has 0 spiro atoms. The predicted octanol–water partition coefficient (Wildman–Crippen LogP) is 2.99. The Morgan fingerprint density at radius 3 is 2.71 bits per heavy atom. The normalized spacial score (nSPS) is 11.0. The Bertz CT molecular complexity index is 930. The number of nitrogens with two attached hydrogens (primary N) is 1. The standard InChI is InChI=1S/C14H9N5OS/c15-9-3-6-21-12(9)14-18-13(19-20-14)8-1-2-10-11(7-8)17-5-4-16-10/h1-7H,15H2. The van der Waals surface area contributed by atoms with Gasteiger partial charge in [0.1, 0.15) is 4.88 Å². The summed E-state index contributed by atoms with van der Waals surface area (Å²) < 4.78 is 5.29. The van der Waals surface area contributed by atoms with Crippen molar-refractivity contribution in [3.8, 4) is 22.2 Å². The molecule has 0 unspecified atom stereocenters. The lowest BCUT2D eigenvalue weighted by Gasteiger charge is -1.97. The number of hydrogen-bond donors (Lipinski definition) is 1. The molecule has 0 atom stereocenters. The van der Waals surface area contributed by atoms with E-state index >= 15 is 0 Å². The summed E-state index contributed by atoms with van der Waals surface area (Å²) in [6, 6.07) is 7.47. The Labute approximate surface area is 123 Å². The van der Waals surface area contributed by atoms with Gasteiger partial charge in [0.25, 0.3) is 5.89 Å². The van der Waals surface area contributed by atoms with Gasteiger partial charge in [-0.15, -0.1) is 11.3 Å². The van der Waals surface area contributed by atoms with E-state index in [0.29, 0.717) is 17.4 Å². The molecule has 0 saturated carbocycles. The van der Waals surface area contributed by atoms with E-state index in [1.165, 1.54) is 11.3 Å². The first kappa shape index (κ1) is 12.0. The van der Waals surface area contributed by atoms with Crippen LogP contribution < -0.4 is 5.73 Å². The summed E-state index contributed by atoms with van der Waals surface area (Å²) in [5.74, 6) is 0.932. The monoisotopic (exact) mass is 295 g/mol. The molecule has 2 N–H and O–H groups in total. The highest BCUT2D eigenvalue weighted by Gasteiger charge is 2.14. The van der Waals surface area contributed by atoms with E-state index in [2.05, 4.69) is 20.1 Å². The fourth-order valence-corrected chi connectivity index (χ4v) is 2.77. The summed E-state index contributed by atoms with van der Waals surface area (Å²) >= 11 is 1.47. The van der Waals surface area contributed by atoms with Crippen LogP contribution in [0.1, 0.15) is 0 Å². The maximum Gasteiger partial charge on any atom is 0.270 e. The van der Waals surface area contributed by atoms with Crippen LogP contribution in [0.5, 0.6) is 0 Å². The number of anilines is 1. The molecule has 0 fully saturated rings. The van der Waals surface area contributed by atoms with E-state index in [4.69, 9.17) is 10.3 Å². The minimum Gasteiger partial charge on any atom is -0.397 e. The van der Waals surface area contributed by atoms with Gasteiger partial charge < -0.3 is 10.3 Å². The molecule has 102 valence electrons. The van der Waals surface area contributed by atoms with Gasteiger partial charge in [0.15, 0.2) is 0 Å². The molecular formula is C14H9N5OS. The van der Waals surface area contributed by atoms with Crippen LogP contribution in [0.4, 0.5) is 5.69 Å². The highest BCUT2D eigenvalue weighted by atomic mass is 32.1. The second-order valence-corrected chi connectivity index (χ2v) is 5.30. The summed E-state index contributed by atoms with van der Waals surface area (Å²) in [6.07, 6.45) is 3.31. The van der Waals surface area contributed by atoms with Crippen molar-refractivity contribution in [2.24, 2.45) is 0 Å². The SMILES string of the molecule is Nc1ccsc1-c1nc(-c2ccc3nccnc3c2)no1. The lowest BCUT2D eigenvalue weighted by molar-refractivity contribution is 0.433. The maximum absolute atomic E-state index is 5.86. The fraction of sp³-hybridized carbons (Fsp3) is 0. The van der Waals surface area contributed by atoms with E-state index in [9.17, 15) is 0 Å². The van der Waals surface area contributed by atoms with Gasteiger partial charge in [-0.3, -0.25) is 9.97 Å². The van der Waals surface area contributed by atoms with E-state index in [1.807, 2.05) is 29.6 Å². The third kappa shape index (κ3) is 2.03. The first-order valence-corrected chi connectivity index (χ1v) is 7.07. The number of nitrogens with zero attached hydrogens (tertiary/aromatic N) is 4. The largest absolute Gasteiger partial charge is 0.397 e. The summed E-state index contributed by atoms with van der Waals surface area (Å²) in [5.41, 5.74) is 8.94. The van der Waals surface area contributed by atoms with Gasteiger partial charge in [0.2, 0.25) is 5.82 Å². The van der Waals surface area contributed by atoms with E-state index in [1.54, 1.807) is 12.4 Å². The Balaban J connectivity index is 1.79. The molecule has 1 aromatic carbocycles. The lowest BCUT2D eigenvalue weighted by atomic mass is 10.2. The van der Waals surface area contributed by atoms with Gasteiger partial charge in [-0.05, 0) is 29.6 Å². The highest BCUT2D eigenvalue weighted by molar-refractivity contribution is 7.14. The van der Waals surface area contributed by atoms with Crippen molar-refractivity contribution in [3.05, 3.63) is 42.0 Å². The highest BCUT2D eigenvalue weighted by Crippen LogP contribution is 2.31. The molecule has 0 bridgehead atoms. The zero-order chi connectivity index (χ0) is 14.2. The summed E-state index contributed by atoms with van der Waals surface area (Å²) in [5, 5.41) is 5.90. The Kier molecular flexibility index (Phi) is 2.65. The number of aromatic nitrogens is 4. The molecule has 7 heteroatoms. The van der Waals surface area contributed by atoms with Crippen LogP contribution >= 0.6 is 11.3 Å². The minimum absolute atomic E-state index is 0.428. The van der Waals surface area contributed by atoms with Crippen molar-refractivity contribution >= 4 is 28.1 Å². The van der Waals surface area contributed by atoms with Crippen LogP contribution in [0.15, 0.2) is 46.6 Å². The van der Waals surface area contributed by atoms with Crippen molar-refractivity contribution in [2.75, 3.05) is 5.73 Å². The van der Waals surface area contributed by atoms with Crippen molar-refractivity contribution in [3.63, 3.8) is 0 Å². The Hall–Kier alpha value is -2.80. The predicted molar refractivity (Wildman–Crippen MR) is 80.6 cm³/mol. The van der Waals surface area contributed by atoms with E-state index in [-0.39, 0.29) is 0 Å². The van der Waals surface area contributed by atoms with Crippen LogP contribution in [-0.2, 0) is 0 Å². The van der Waals surface area contributed by atoms with Crippen LogP contribution in [0.25, 0.3) is 33.2 Å². The first-order chi connectivity index (χ1) is 10.3. The molecular weight excluding hydrogens is 286 g/mol. The van der Waals surface area contributed by atoms with Crippen LogP contribution in [0.3, 0.4) is 0 Å². The molecule has 0 aliphatic carbocycles. The van der Waals surface area contributed by atoms with E-state index < -0.39 is 0 Å². The molecule has 6 nitrogen and oxygen atoms in total. The van der Waals surface area contributed by atoms with Crippen LogP contribution in [-0.4, -0.2) is 20.1 Å². The van der Waals surface area contributed by atoms with E-state index in [0.717, 1.165) is 21.5 Å². The molecule has 21 heavy (non-hydrogen) atoms. The van der Waals surface area contributed by atoms with Crippen molar-refractivity contribution in [1.29, 1.82) is 0 Å². The lowest BCUT2D eigenvalue weighted by Crippen LogP contribution is -1.86. The fourth-order valence-electron chi connectivity index (χ4n) is 2.03. The third-order valence-corrected chi connectivity index (χ3v) is 3.96. The summed E-state index contributed by atoms with van der Waals surface area (Å²) in [6.45, 7) is 0. The van der Waals surface area contributed by atoms with Crippen LogP contribution in [0, 0.1) is 0 Å². The van der Waals surface area contributed by atoms with Gasteiger partial charge >= 0.3 is 0 Å². The molecule has 0 saturated heterocycles. The van der Waals surface area contributed by atoms with Gasteiger partial charge in [-0.2, -0.15) is 4.98 Å². The molecule has 4 rings (SSSR count). The zero-order valence-electron chi connectivity index (χ0n) is 10.7. The third-order valence-electron chi connectivity index (χ3n) is 3.04. The summed E-state index contributed by atoms with van der Waals surface area (Å²) in [4.78, 5) is 13.7. The quantitative estimate of drug-likeness (QED) is 0.611. The molecule has 4 aromatic rings. The number of benzene rings is 1. The second kappa shape index (κ2) is 4.64. The topological polar surface area (TPSA) is 90.7 Å². The number of hydrogen-bond acceptors (Lipinski definition) is 7. The molecule has 3 aromatic heterocycles. The van der Waals surface area contributed by atoms with Gasteiger partial charge in [-0.1, -0.05) is 5.16 Å². The summed E-state index contributed by atoms with van der Waals surface area (Å²) in [7, 11) is 0.